The number of hydrogen-bond donors (Lipinski definition) is 3. The molecule has 4 rings (SSSR count). The van der Waals surface area contributed by atoms with Crippen molar-refractivity contribution in [2.24, 2.45) is 23.5 Å². The number of alkyl carbamates (subject to hydrolysis) is 1. The summed E-state index contributed by atoms with van der Waals surface area (Å²) >= 11 is 0. The van der Waals surface area contributed by atoms with Crippen LogP contribution < -0.4 is 11.1 Å². The Bertz CT molecular complexity index is 726. The summed E-state index contributed by atoms with van der Waals surface area (Å²) in [6.07, 6.45) is 12.4. The molecule has 3 aliphatic rings. The fraction of sp³-hybridized carbons (Fsp3) is 0.765. The van der Waals surface area contributed by atoms with Crippen LogP contribution in [0, 0.1) is 24.7 Å². The first-order valence-electron chi connectivity index (χ1n) is 15.3. The standard InChI is InChI=1S/C15H27N3O3.C7H8.C6H12.C2H6O.C2H6.2CH4/c1-21-15(20)17-7-4-8-18-10-12-6-3-2-5-11(12)9-13(18)14(16)19;1-7-5-3-2-4-6-7;1-6-4-2-3-5-6;1-2-3;1-2;;/h11-13H,2-10H2,1H3,(H2,16,19)(H,17,20);2-6H,1H3;6H,2-5H2,1H3;3H,2H2,1H3;1-2H3;2*1H4/t11?,12?,13-;;;;;;/m0....../s1. The Labute approximate surface area is 254 Å². The normalized spacial score (nSPS) is 20.9. The number of likely N-dealkylation sites (tertiary alicyclic amines) is 1. The highest BCUT2D eigenvalue weighted by Crippen LogP contribution is 2.38. The number of methoxy groups -OCH3 is 1. The minimum atomic E-state index is -0.410. The van der Waals surface area contributed by atoms with Crippen LogP contribution in [0.5, 0.6) is 0 Å². The lowest BCUT2D eigenvalue weighted by molar-refractivity contribution is -0.126. The smallest absolute Gasteiger partial charge is 0.406 e. The quantitative estimate of drug-likeness (QED) is 0.311. The summed E-state index contributed by atoms with van der Waals surface area (Å²) in [6, 6.07) is 10.1. The number of nitrogens with zero attached hydrogens (tertiary/aromatic N) is 1. The van der Waals surface area contributed by atoms with Crippen molar-refractivity contribution in [3.05, 3.63) is 35.9 Å². The Balaban J connectivity index is -0.000000591. The van der Waals surface area contributed by atoms with Gasteiger partial charge in [0.15, 0.2) is 0 Å². The molecular weight excluding hydrogens is 514 g/mol. The van der Waals surface area contributed by atoms with Gasteiger partial charge in [0.1, 0.15) is 0 Å². The average Bonchev–Trinajstić information content (AvgIpc) is 3.44. The second kappa shape index (κ2) is 28.0. The van der Waals surface area contributed by atoms with Crippen molar-refractivity contribution in [2.75, 3.05) is 33.4 Å². The minimum absolute atomic E-state index is 0. The van der Waals surface area contributed by atoms with Crippen molar-refractivity contribution < 1.29 is 19.4 Å². The zero-order valence-electron chi connectivity index (χ0n) is 25.8. The third-order valence-electron chi connectivity index (χ3n) is 7.49. The molecule has 0 radical (unpaired) electrons. The maximum Gasteiger partial charge on any atom is 0.406 e. The number of nitrogens with two attached hydrogens (primary N) is 1. The fourth-order valence-electron chi connectivity index (χ4n) is 5.45. The van der Waals surface area contributed by atoms with E-state index < -0.39 is 6.09 Å². The first kappa shape index (κ1) is 43.3. The van der Waals surface area contributed by atoms with E-state index in [0.717, 1.165) is 31.8 Å². The van der Waals surface area contributed by atoms with Gasteiger partial charge in [0.2, 0.25) is 5.91 Å². The molecule has 2 amide bonds. The van der Waals surface area contributed by atoms with E-state index in [2.05, 4.69) is 40.9 Å². The Kier molecular flexibility index (Phi) is 29.6. The number of aryl methyl sites for hydroxylation is 1. The summed E-state index contributed by atoms with van der Waals surface area (Å²) in [5, 5.41) is 10.2. The van der Waals surface area contributed by atoms with Crippen LogP contribution in [0.15, 0.2) is 30.3 Å². The largest absolute Gasteiger partial charge is 0.453 e. The molecule has 0 spiro atoms. The number of nitrogens with one attached hydrogen (secondary N) is 1. The van der Waals surface area contributed by atoms with Gasteiger partial charge >= 0.3 is 6.09 Å². The number of fused-ring (bicyclic) bond motifs is 1. The second-order valence-corrected chi connectivity index (χ2v) is 10.6. The van der Waals surface area contributed by atoms with Crippen LogP contribution in [0.25, 0.3) is 0 Å². The number of primary amides is 1. The summed E-state index contributed by atoms with van der Waals surface area (Å²) in [7, 11) is 1.35. The van der Waals surface area contributed by atoms with E-state index in [-0.39, 0.29) is 33.4 Å². The number of carbonyl (C=O) groups excluding carboxylic acids is 2. The molecule has 7 heteroatoms. The molecule has 2 unspecified atom stereocenters. The number of piperidine rings is 1. The van der Waals surface area contributed by atoms with Gasteiger partial charge in [-0.1, -0.05) is 116 Å². The molecule has 2 saturated carbocycles. The number of hydrogen-bond acceptors (Lipinski definition) is 5. The van der Waals surface area contributed by atoms with Gasteiger partial charge in [0.25, 0.3) is 0 Å². The monoisotopic (exact) mass is 582 g/mol. The van der Waals surface area contributed by atoms with Crippen molar-refractivity contribution in [2.45, 2.75) is 120 Å². The van der Waals surface area contributed by atoms with E-state index in [1.165, 1.54) is 64.0 Å². The van der Waals surface area contributed by atoms with Gasteiger partial charge in [-0.2, -0.15) is 0 Å². The van der Waals surface area contributed by atoms with Crippen LogP contribution >= 0.6 is 0 Å². The average molecular weight is 582 g/mol. The third-order valence-corrected chi connectivity index (χ3v) is 7.49. The van der Waals surface area contributed by atoms with Gasteiger partial charge in [-0.15, -0.1) is 0 Å². The number of rotatable bonds is 5. The summed E-state index contributed by atoms with van der Waals surface area (Å²) < 4.78 is 4.53. The number of carbonyl (C=O) groups is 2. The minimum Gasteiger partial charge on any atom is -0.453 e. The number of amides is 2. The van der Waals surface area contributed by atoms with E-state index in [1.807, 2.05) is 32.0 Å². The lowest BCUT2D eigenvalue weighted by Crippen LogP contribution is -2.54. The maximum atomic E-state index is 11.7. The Morgan fingerprint density at radius 1 is 1.00 bits per heavy atom. The fourth-order valence-corrected chi connectivity index (χ4v) is 5.45. The van der Waals surface area contributed by atoms with Gasteiger partial charge in [-0.05, 0) is 50.9 Å². The first-order valence-corrected chi connectivity index (χ1v) is 15.3. The zero-order chi connectivity index (χ0) is 29.5. The van der Waals surface area contributed by atoms with Gasteiger partial charge in [-0.3, -0.25) is 9.69 Å². The van der Waals surface area contributed by atoms with E-state index in [1.54, 1.807) is 6.92 Å². The maximum absolute atomic E-state index is 11.7. The highest BCUT2D eigenvalue weighted by atomic mass is 16.5. The van der Waals surface area contributed by atoms with E-state index >= 15 is 0 Å². The van der Waals surface area contributed by atoms with Crippen molar-refractivity contribution in [1.82, 2.24) is 10.2 Å². The van der Waals surface area contributed by atoms with Gasteiger partial charge in [-0.25, -0.2) is 4.79 Å². The van der Waals surface area contributed by atoms with Crippen LogP contribution in [0.1, 0.15) is 112 Å². The van der Waals surface area contributed by atoms with Crippen molar-refractivity contribution in [1.29, 1.82) is 0 Å². The molecule has 1 aliphatic heterocycles. The van der Waals surface area contributed by atoms with Crippen molar-refractivity contribution >= 4 is 12.0 Å². The molecule has 3 fully saturated rings. The van der Waals surface area contributed by atoms with Crippen molar-refractivity contribution in [3.8, 4) is 0 Å². The van der Waals surface area contributed by atoms with Crippen LogP contribution in [0.4, 0.5) is 4.79 Å². The first-order chi connectivity index (χ1) is 18.8. The van der Waals surface area contributed by atoms with Crippen LogP contribution in [0.2, 0.25) is 0 Å². The molecular formula is C34H67N3O4. The highest BCUT2D eigenvalue weighted by Gasteiger charge is 2.38. The summed E-state index contributed by atoms with van der Waals surface area (Å²) in [5.41, 5.74) is 6.90. The number of ether oxygens (including phenoxy) is 1. The summed E-state index contributed by atoms with van der Waals surface area (Å²) in [5.74, 6) is 2.22. The molecule has 1 saturated heterocycles. The second-order valence-electron chi connectivity index (χ2n) is 10.6. The predicted molar refractivity (Wildman–Crippen MR) is 176 cm³/mol. The highest BCUT2D eigenvalue weighted by molar-refractivity contribution is 5.80. The third kappa shape index (κ3) is 20.4. The van der Waals surface area contributed by atoms with Crippen molar-refractivity contribution in [3.63, 3.8) is 0 Å². The van der Waals surface area contributed by atoms with E-state index in [9.17, 15) is 9.59 Å². The molecule has 0 bridgehead atoms. The van der Waals surface area contributed by atoms with Gasteiger partial charge in [0.05, 0.1) is 13.2 Å². The SMILES string of the molecule is C.C.CC.CC1CCCC1.CCO.COC(=O)NCCCN1CC2CCCCC2C[C@H]1C(N)=O.Cc1ccccc1. The topological polar surface area (TPSA) is 105 Å². The van der Waals surface area contributed by atoms with Crippen LogP contribution in [-0.4, -0.2) is 61.4 Å². The van der Waals surface area contributed by atoms with E-state index in [0.29, 0.717) is 18.4 Å². The molecule has 2 aliphatic carbocycles. The zero-order valence-corrected chi connectivity index (χ0v) is 25.8. The molecule has 0 aromatic heterocycles. The molecule has 3 atom stereocenters. The Hall–Kier alpha value is -2.12. The predicted octanol–water partition coefficient (Wildman–Crippen LogP) is 7.59. The molecule has 41 heavy (non-hydrogen) atoms. The van der Waals surface area contributed by atoms with Gasteiger partial charge < -0.3 is 20.9 Å². The summed E-state index contributed by atoms with van der Waals surface area (Å²) in [4.78, 5) is 24.9. The number of benzene rings is 1. The molecule has 7 nitrogen and oxygen atoms in total. The summed E-state index contributed by atoms with van der Waals surface area (Å²) in [6.45, 7) is 12.7. The lowest BCUT2D eigenvalue weighted by Gasteiger charge is -2.45. The molecule has 4 N–H and O–H groups in total. The van der Waals surface area contributed by atoms with Gasteiger partial charge in [0, 0.05) is 26.2 Å². The van der Waals surface area contributed by atoms with Crippen LogP contribution in [0.3, 0.4) is 0 Å². The number of aliphatic hydroxyl groups excluding tert-OH is 1. The Morgan fingerprint density at radius 2 is 1.51 bits per heavy atom. The number of aliphatic hydroxyl groups is 1. The van der Waals surface area contributed by atoms with Crippen LogP contribution in [-0.2, 0) is 9.53 Å². The molecule has 1 aromatic rings. The lowest BCUT2D eigenvalue weighted by atomic mass is 9.73. The molecule has 1 heterocycles. The van der Waals surface area contributed by atoms with E-state index in [4.69, 9.17) is 10.8 Å². The Morgan fingerprint density at radius 3 is 1.93 bits per heavy atom. The molecule has 1 aromatic carbocycles. The molecule has 242 valence electrons.